The Morgan fingerprint density at radius 3 is 2.55 bits per heavy atom. The van der Waals surface area contributed by atoms with E-state index in [-0.39, 0.29) is 11.6 Å². The molecule has 5 heteroatoms. The number of nitrogens with two attached hydrogens (primary N) is 1. The van der Waals surface area contributed by atoms with E-state index in [0.717, 1.165) is 11.1 Å². The van der Waals surface area contributed by atoms with Gasteiger partial charge in [0.2, 0.25) is 0 Å². The second kappa shape index (κ2) is 5.71. The highest BCUT2D eigenvalue weighted by atomic mass is 19.1. The van der Waals surface area contributed by atoms with Crippen molar-refractivity contribution in [1.82, 2.24) is 0 Å². The van der Waals surface area contributed by atoms with Crippen LogP contribution in [0.3, 0.4) is 0 Å². The summed E-state index contributed by atoms with van der Waals surface area (Å²) in [5.74, 6) is 4.50. The highest BCUT2D eigenvalue weighted by Crippen LogP contribution is 2.19. The first-order valence-electron chi connectivity index (χ1n) is 6.16. The maximum atomic E-state index is 13.6. The summed E-state index contributed by atoms with van der Waals surface area (Å²) in [6.45, 7) is 3.63. The summed E-state index contributed by atoms with van der Waals surface area (Å²) in [5.41, 5.74) is 5.50. The van der Waals surface area contributed by atoms with Crippen LogP contribution in [-0.4, -0.2) is 5.91 Å². The zero-order valence-corrected chi connectivity index (χ0v) is 11.3. The predicted molar refractivity (Wildman–Crippen MR) is 78.1 cm³/mol. The number of carbonyl (C=O) groups is 1. The number of hydrogen-bond acceptors (Lipinski definition) is 3. The molecule has 2 aromatic rings. The van der Waals surface area contributed by atoms with Crippen molar-refractivity contribution in [3.8, 4) is 0 Å². The van der Waals surface area contributed by atoms with Gasteiger partial charge >= 0.3 is 0 Å². The lowest BCUT2D eigenvalue weighted by atomic mass is 10.1. The summed E-state index contributed by atoms with van der Waals surface area (Å²) < 4.78 is 13.6. The average molecular weight is 273 g/mol. The van der Waals surface area contributed by atoms with Gasteiger partial charge < -0.3 is 10.7 Å². The van der Waals surface area contributed by atoms with E-state index in [1.165, 1.54) is 6.07 Å². The van der Waals surface area contributed by atoms with Crippen molar-refractivity contribution in [1.29, 1.82) is 0 Å². The smallest absolute Gasteiger partial charge is 0.256 e. The van der Waals surface area contributed by atoms with Gasteiger partial charge in [-0.15, -0.1) is 0 Å². The van der Waals surface area contributed by atoms with Crippen LogP contribution in [-0.2, 0) is 0 Å². The molecule has 0 bridgehead atoms. The fraction of sp³-hybridized carbons (Fsp3) is 0.133. The molecule has 0 aliphatic heterocycles. The number of rotatable bonds is 3. The number of halogens is 1. The van der Waals surface area contributed by atoms with Crippen LogP contribution in [0.1, 0.15) is 21.5 Å². The monoisotopic (exact) mass is 273 g/mol. The Balaban J connectivity index is 2.26. The van der Waals surface area contributed by atoms with Crippen molar-refractivity contribution in [2.45, 2.75) is 13.8 Å². The van der Waals surface area contributed by atoms with Crippen molar-refractivity contribution >= 4 is 17.3 Å². The van der Waals surface area contributed by atoms with Crippen molar-refractivity contribution in [2.24, 2.45) is 5.84 Å². The maximum Gasteiger partial charge on any atom is 0.256 e. The van der Waals surface area contributed by atoms with Gasteiger partial charge in [-0.2, -0.15) is 0 Å². The Morgan fingerprint density at radius 2 is 1.90 bits per heavy atom. The van der Waals surface area contributed by atoms with Gasteiger partial charge in [-0.05, 0) is 55.3 Å². The number of anilines is 2. The highest BCUT2D eigenvalue weighted by Gasteiger charge is 2.12. The molecule has 0 saturated carbocycles. The van der Waals surface area contributed by atoms with Gasteiger partial charge in [-0.3, -0.25) is 10.6 Å². The SMILES string of the molecule is Cc1ccc(F)c(NC(=O)c2ccc(NN)cc2C)c1. The van der Waals surface area contributed by atoms with Crippen molar-refractivity contribution in [2.75, 3.05) is 10.7 Å². The van der Waals surface area contributed by atoms with E-state index in [4.69, 9.17) is 5.84 Å². The molecule has 104 valence electrons. The van der Waals surface area contributed by atoms with E-state index < -0.39 is 5.82 Å². The Bertz CT molecular complexity index is 656. The van der Waals surface area contributed by atoms with Gasteiger partial charge in [0.05, 0.1) is 5.69 Å². The number of benzene rings is 2. The molecular formula is C15H16FN3O. The molecule has 1 amide bonds. The summed E-state index contributed by atoms with van der Waals surface area (Å²) in [4.78, 5) is 12.2. The number of hydrazine groups is 1. The number of nitrogens with one attached hydrogen (secondary N) is 2. The van der Waals surface area contributed by atoms with Crippen LogP contribution in [0.5, 0.6) is 0 Å². The first-order valence-corrected chi connectivity index (χ1v) is 6.16. The quantitative estimate of drug-likeness (QED) is 0.595. The first kappa shape index (κ1) is 14.0. The molecule has 0 aliphatic carbocycles. The number of amides is 1. The fourth-order valence-corrected chi connectivity index (χ4v) is 1.93. The molecule has 0 radical (unpaired) electrons. The normalized spacial score (nSPS) is 10.2. The Hall–Kier alpha value is -2.40. The topological polar surface area (TPSA) is 67.2 Å². The zero-order valence-electron chi connectivity index (χ0n) is 11.3. The Morgan fingerprint density at radius 1 is 1.15 bits per heavy atom. The van der Waals surface area contributed by atoms with Crippen molar-refractivity contribution < 1.29 is 9.18 Å². The van der Waals surface area contributed by atoms with Gasteiger partial charge in [0.1, 0.15) is 5.82 Å². The third kappa shape index (κ3) is 2.95. The summed E-state index contributed by atoms with van der Waals surface area (Å²) in [6, 6.07) is 9.67. The van der Waals surface area contributed by atoms with E-state index >= 15 is 0 Å². The van der Waals surface area contributed by atoms with Crippen molar-refractivity contribution in [3.63, 3.8) is 0 Å². The molecule has 0 aromatic heterocycles. The summed E-state index contributed by atoms with van der Waals surface area (Å²) in [7, 11) is 0. The molecule has 0 saturated heterocycles. The second-order valence-corrected chi connectivity index (χ2v) is 4.61. The number of aryl methyl sites for hydroxylation is 2. The number of hydrogen-bond donors (Lipinski definition) is 3. The largest absolute Gasteiger partial charge is 0.324 e. The summed E-state index contributed by atoms with van der Waals surface area (Å²) in [6.07, 6.45) is 0. The highest BCUT2D eigenvalue weighted by molar-refractivity contribution is 6.05. The number of nitrogen functional groups attached to an aromatic ring is 1. The molecule has 0 unspecified atom stereocenters. The molecule has 20 heavy (non-hydrogen) atoms. The van der Waals surface area contributed by atoms with E-state index in [0.29, 0.717) is 11.3 Å². The third-order valence-electron chi connectivity index (χ3n) is 3.01. The van der Waals surface area contributed by atoms with Crippen molar-refractivity contribution in [3.05, 3.63) is 58.9 Å². The molecule has 2 aromatic carbocycles. The molecule has 4 nitrogen and oxygen atoms in total. The van der Waals surface area contributed by atoms with Crippen LogP contribution in [0.4, 0.5) is 15.8 Å². The molecule has 0 fully saturated rings. The Labute approximate surface area is 116 Å². The predicted octanol–water partition coefficient (Wildman–Crippen LogP) is 2.98. The van der Waals surface area contributed by atoms with Crippen LogP contribution in [0.15, 0.2) is 36.4 Å². The van der Waals surface area contributed by atoms with Crippen LogP contribution in [0.2, 0.25) is 0 Å². The second-order valence-electron chi connectivity index (χ2n) is 4.61. The minimum Gasteiger partial charge on any atom is -0.324 e. The number of carbonyl (C=O) groups excluding carboxylic acids is 1. The maximum absolute atomic E-state index is 13.6. The minimum absolute atomic E-state index is 0.176. The Kier molecular flexibility index (Phi) is 4.00. The lowest BCUT2D eigenvalue weighted by molar-refractivity contribution is 0.102. The van der Waals surface area contributed by atoms with E-state index in [9.17, 15) is 9.18 Å². The standard InChI is InChI=1S/C15H16FN3O/c1-9-3-6-13(16)14(7-9)18-15(20)12-5-4-11(19-17)8-10(12)2/h3-8,19H,17H2,1-2H3,(H,18,20). The lowest BCUT2D eigenvalue weighted by Crippen LogP contribution is -2.15. The minimum atomic E-state index is -0.457. The molecule has 0 aliphatic rings. The van der Waals surface area contributed by atoms with Crippen LogP contribution >= 0.6 is 0 Å². The third-order valence-corrected chi connectivity index (χ3v) is 3.01. The summed E-state index contributed by atoms with van der Waals surface area (Å²) in [5, 5.41) is 2.58. The van der Waals surface area contributed by atoms with E-state index in [1.807, 2.05) is 6.92 Å². The van der Waals surface area contributed by atoms with Gasteiger partial charge in [-0.25, -0.2) is 4.39 Å². The molecule has 0 atom stereocenters. The zero-order chi connectivity index (χ0) is 14.7. The lowest BCUT2D eigenvalue weighted by Gasteiger charge is -2.10. The van der Waals surface area contributed by atoms with Gasteiger partial charge in [0, 0.05) is 11.3 Å². The van der Waals surface area contributed by atoms with E-state index in [1.54, 1.807) is 37.3 Å². The first-order chi connectivity index (χ1) is 9.51. The molecule has 0 spiro atoms. The molecular weight excluding hydrogens is 257 g/mol. The summed E-state index contributed by atoms with van der Waals surface area (Å²) >= 11 is 0. The van der Waals surface area contributed by atoms with E-state index in [2.05, 4.69) is 10.7 Å². The van der Waals surface area contributed by atoms with Gasteiger partial charge in [0.25, 0.3) is 5.91 Å². The molecule has 0 heterocycles. The van der Waals surface area contributed by atoms with Gasteiger partial charge in [0.15, 0.2) is 0 Å². The fourth-order valence-electron chi connectivity index (χ4n) is 1.93. The molecule has 2 rings (SSSR count). The average Bonchev–Trinajstić information content (AvgIpc) is 2.42. The van der Waals surface area contributed by atoms with Crippen LogP contribution in [0, 0.1) is 19.7 Å². The van der Waals surface area contributed by atoms with Crippen LogP contribution < -0.4 is 16.6 Å². The van der Waals surface area contributed by atoms with Gasteiger partial charge in [-0.1, -0.05) is 6.07 Å². The molecule has 4 N–H and O–H groups in total. The van der Waals surface area contributed by atoms with Crippen LogP contribution in [0.25, 0.3) is 0 Å².